The number of nitrogens with one attached hydrogen (secondary N) is 1. The normalized spacial score (nSPS) is 15.4. The Labute approximate surface area is 142 Å². The molecular formula is C20H23FN2O. The molecule has 1 N–H and O–H groups in total. The molecule has 0 atom stereocenters. The maximum Gasteiger partial charge on any atom is 0.227 e. The van der Waals surface area contributed by atoms with Gasteiger partial charge in [-0.05, 0) is 56.0 Å². The highest BCUT2D eigenvalue weighted by Gasteiger charge is 2.26. The minimum absolute atomic E-state index is 0.0204. The van der Waals surface area contributed by atoms with Crippen LogP contribution in [0.2, 0.25) is 0 Å². The maximum atomic E-state index is 13.9. The van der Waals surface area contributed by atoms with E-state index in [0.717, 1.165) is 24.1 Å². The number of nitrogens with zero attached hydrogens (tertiary/aromatic N) is 1. The first-order valence-corrected chi connectivity index (χ1v) is 8.43. The fraction of sp³-hybridized carbons (Fsp3) is 0.350. The molecule has 3 rings (SSSR count). The van der Waals surface area contributed by atoms with Crippen molar-refractivity contribution in [1.29, 1.82) is 0 Å². The predicted molar refractivity (Wildman–Crippen MR) is 95.9 cm³/mol. The first kappa shape index (κ1) is 16.5. The van der Waals surface area contributed by atoms with Crippen LogP contribution in [0, 0.1) is 25.6 Å². The van der Waals surface area contributed by atoms with E-state index in [1.165, 1.54) is 11.6 Å². The summed E-state index contributed by atoms with van der Waals surface area (Å²) in [5, 5.41) is 3.06. The molecule has 1 aliphatic heterocycles. The lowest BCUT2D eigenvalue weighted by molar-refractivity contribution is -0.120. The van der Waals surface area contributed by atoms with Gasteiger partial charge in [0.05, 0.1) is 5.69 Å². The van der Waals surface area contributed by atoms with Crippen LogP contribution < -0.4 is 10.2 Å². The average molecular weight is 326 g/mol. The van der Waals surface area contributed by atoms with Gasteiger partial charge in [-0.2, -0.15) is 0 Å². The Morgan fingerprint density at radius 2 is 1.79 bits per heavy atom. The molecule has 1 aliphatic rings. The highest BCUT2D eigenvalue weighted by atomic mass is 19.1. The van der Waals surface area contributed by atoms with Gasteiger partial charge >= 0.3 is 0 Å². The number of benzene rings is 2. The van der Waals surface area contributed by atoms with Crippen LogP contribution in [0.3, 0.4) is 0 Å². The van der Waals surface area contributed by atoms with Gasteiger partial charge in [-0.1, -0.05) is 24.3 Å². The topological polar surface area (TPSA) is 32.3 Å². The molecule has 0 aliphatic carbocycles. The van der Waals surface area contributed by atoms with E-state index < -0.39 is 0 Å². The van der Waals surface area contributed by atoms with Crippen LogP contribution in [0.25, 0.3) is 0 Å². The monoisotopic (exact) mass is 326 g/mol. The molecule has 0 unspecified atom stereocenters. The summed E-state index contributed by atoms with van der Waals surface area (Å²) in [6.07, 6.45) is 1.48. The molecule has 0 radical (unpaired) electrons. The number of para-hydroxylation sites is 1. The lowest BCUT2D eigenvalue weighted by Gasteiger charge is -2.33. The summed E-state index contributed by atoms with van der Waals surface area (Å²) >= 11 is 0. The van der Waals surface area contributed by atoms with Crippen LogP contribution in [0.15, 0.2) is 42.5 Å². The molecule has 2 aromatic carbocycles. The molecule has 1 heterocycles. The number of rotatable bonds is 3. The molecule has 0 aromatic heterocycles. The van der Waals surface area contributed by atoms with Crippen molar-refractivity contribution in [1.82, 2.24) is 0 Å². The predicted octanol–water partition coefficient (Wildman–Crippen LogP) is 4.30. The SMILES string of the molecule is Cc1cccc(NC(=O)C2CCN(c3ccccc3F)CC2)c1C. The van der Waals surface area contributed by atoms with E-state index >= 15 is 0 Å². The summed E-state index contributed by atoms with van der Waals surface area (Å²) in [6, 6.07) is 12.8. The Morgan fingerprint density at radius 3 is 2.50 bits per heavy atom. The fourth-order valence-corrected chi connectivity index (χ4v) is 3.21. The van der Waals surface area contributed by atoms with Crippen molar-refractivity contribution in [3.05, 3.63) is 59.4 Å². The van der Waals surface area contributed by atoms with Gasteiger partial charge in [0.1, 0.15) is 5.82 Å². The highest BCUT2D eigenvalue weighted by molar-refractivity contribution is 5.93. The molecule has 1 fully saturated rings. The van der Waals surface area contributed by atoms with Crippen LogP contribution in [-0.2, 0) is 4.79 Å². The second kappa shape index (κ2) is 7.04. The van der Waals surface area contributed by atoms with Crippen LogP contribution in [0.1, 0.15) is 24.0 Å². The molecule has 1 saturated heterocycles. The number of carbonyl (C=O) groups excluding carboxylic acids is 1. The Morgan fingerprint density at radius 1 is 1.08 bits per heavy atom. The number of aryl methyl sites for hydroxylation is 1. The zero-order chi connectivity index (χ0) is 17.1. The second-order valence-corrected chi connectivity index (χ2v) is 6.45. The van der Waals surface area contributed by atoms with Gasteiger partial charge in [-0.15, -0.1) is 0 Å². The van der Waals surface area contributed by atoms with E-state index in [9.17, 15) is 9.18 Å². The number of piperidine rings is 1. The Hall–Kier alpha value is -2.36. The highest BCUT2D eigenvalue weighted by Crippen LogP contribution is 2.27. The third-order valence-electron chi connectivity index (χ3n) is 4.92. The Kier molecular flexibility index (Phi) is 4.84. The molecule has 0 spiro atoms. The van der Waals surface area contributed by atoms with Crippen LogP contribution in [0.5, 0.6) is 0 Å². The van der Waals surface area contributed by atoms with Crippen LogP contribution >= 0.6 is 0 Å². The molecule has 1 amide bonds. The van der Waals surface area contributed by atoms with Gasteiger partial charge in [-0.3, -0.25) is 4.79 Å². The zero-order valence-electron chi connectivity index (χ0n) is 14.2. The maximum absolute atomic E-state index is 13.9. The number of amides is 1. The number of carbonyl (C=O) groups is 1. The first-order chi connectivity index (χ1) is 11.6. The number of halogens is 1. The van der Waals surface area contributed by atoms with E-state index in [4.69, 9.17) is 0 Å². The van der Waals surface area contributed by atoms with Crippen molar-refractivity contribution >= 4 is 17.3 Å². The van der Waals surface area contributed by atoms with Crippen molar-refractivity contribution < 1.29 is 9.18 Å². The molecule has 0 bridgehead atoms. The van der Waals surface area contributed by atoms with Gasteiger partial charge in [-0.25, -0.2) is 4.39 Å². The smallest absolute Gasteiger partial charge is 0.227 e. The van der Waals surface area contributed by atoms with Gasteiger partial charge < -0.3 is 10.2 Å². The molecule has 3 nitrogen and oxygen atoms in total. The molecule has 126 valence electrons. The van der Waals surface area contributed by atoms with E-state index in [1.807, 2.05) is 43.0 Å². The zero-order valence-corrected chi connectivity index (χ0v) is 14.2. The summed E-state index contributed by atoms with van der Waals surface area (Å²) in [6.45, 7) is 5.46. The first-order valence-electron chi connectivity index (χ1n) is 8.43. The Balaban J connectivity index is 1.61. The molecular weight excluding hydrogens is 303 g/mol. The van der Waals surface area contributed by atoms with E-state index in [0.29, 0.717) is 18.8 Å². The van der Waals surface area contributed by atoms with E-state index in [2.05, 4.69) is 5.32 Å². The standard InChI is InChI=1S/C20H23FN2O/c1-14-6-5-8-18(15(14)2)22-20(24)16-10-12-23(13-11-16)19-9-4-3-7-17(19)21/h3-9,16H,10-13H2,1-2H3,(H,22,24). The molecule has 4 heteroatoms. The van der Waals surface area contributed by atoms with Crippen molar-refractivity contribution in [2.24, 2.45) is 5.92 Å². The summed E-state index contributed by atoms with van der Waals surface area (Å²) < 4.78 is 13.9. The number of hydrogen-bond donors (Lipinski definition) is 1. The number of hydrogen-bond acceptors (Lipinski definition) is 2. The summed E-state index contributed by atoms with van der Waals surface area (Å²) in [5.41, 5.74) is 3.79. The lowest BCUT2D eigenvalue weighted by Crippen LogP contribution is -2.38. The minimum Gasteiger partial charge on any atom is -0.369 e. The quantitative estimate of drug-likeness (QED) is 0.912. The van der Waals surface area contributed by atoms with Crippen LogP contribution in [-0.4, -0.2) is 19.0 Å². The van der Waals surface area contributed by atoms with Crippen molar-refractivity contribution in [2.45, 2.75) is 26.7 Å². The second-order valence-electron chi connectivity index (χ2n) is 6.45. The number of anilines is 2. The van der Waals surface area contributed by atoms with Gasteiger partial charge in [0.2, 0.25) is 5.91 Å². The fourth-order valence-electron chi connectivity index (χ4n) is 3.21. The van der Waals surface area contributed by atoms with Gasteiger partial charge in [0.25, 0.3) is 0 Å². The van der Waals surface area contributed by atoms with Crippen molar-refractivity contribution in [3.8, 4) is 0 Å². The van der Waals surface area contributed by atoms with E-state index in [-0.39, 0.29) is 17.6 Å². The van der Waals surface area contributed by atoms with Gasteiger partial charge in [0, 0.05) is 24.7 Å². The van der Waals surface area contributed by atoms with Crippen LogP contribution in [0.4, 0.5) is 15.8 Å². The summed E-state index contributed by atoms with van der Waals surface area (Å²) in [7, 11) is 0. The van der Waals surface area contributed by atoms with E-state index in [1.54, 1.807) is 12.1 Å². The Bertz CT molecular complexity index is 736. The third kappa shape index (κ3) is 3.42. The molecule has 0 saturated carbocycles. The lowest BCUT2D eigenvalue weighted by atomic mass is 9.95. The minimum atomic E-state index is -0.198. The summed E-state index contributed by atoms with van der Waals surface area (Å²) in [5.74, 6) is -0.152. The molecule has 2 aromatic rings. The van der Waals surface area contributed by atoms with Gasteiger partial charge in [0.15, 0.2) is 0 Å². The summed E-state index contributed by atoms with van der Waals surface area (Å²) in [4.78, 5) is 14.6. The third-order valence-corrected chi connectivity index (χ3v) is 4.92. The average Bonchev–Trinajstić information content (AvgIpc) is 2.59. The van der Waals surface area contributed by atoms with Crippen molar-refractivity contribution in [2.75, 3.05) is 23.3 Å². The molecule has 24 heavy (non-hydrogen) atoms. The largest absolute Gasteiger partial charge is 0.369 e. The van der Waals surface area contributed by atoms with Crippen molar-refractivity contribution in [3.63, 3.8) is 0 Å².